The Hall–Kier alpha value is -3.59. The van der Waals surface area contributed by atoms with Crippen LogP contribution in [0.4, 0.5) is 0 Å². The van der Waals surface area contributed by atoms with E-state index in [4.69, 9.17) is 17.3 Å². The van der Waals surface area contributed by atoms with Gasteiger partial charge in [-0.25, -0.2) is 5.43 Å². The minimum absolute atomic E-state index is 0.0836. The summed E-state index contributed by atoms with van der Waals surface area (Å²) in [7, 11) is 0. The number of phenolic OH excluding ortho intramolecular Hbond substituents is 1. The van der Waals surface area contributed by atoms with Crippen LogP contribution in [0.5, 0.6) is 5.75 Å². The number of nitrogens with one attached hydrogen (secondary N) is 1. The molecule has 1 amide bonds. The Labute approximate surface area is 192 Å². The average molecular weight is 446 g/mol. The first-order valence-electron chi connectivity index (χ1n) is 10.1. The van der Waals surface area contributed by atoms with Crippen LogP contribution < -0.4 is 11.2 Å². The molecule has 1 atom stereocenters. The lowest BCUT2D eigenvalue weighted by molar-refractivity contribution is 0.0955. The van der Waals surface area contributed by atoms with E-state index < -0.39 is 11.4 Å². The van der Waals surface area contributed by atoms with E-state index in [-0.39, 0.29) is 10.8 Å². The van der Waals surface area contributed by atoms with E-state index in [2.05, 4.69) is 34.5 Å². The summed E-state index contributed by atoms with van der Waals surface area (Å²) in [5.41, 5.74) is 11.5. The van der Waals surface area contributed by atoms with Crippen LogP contribution in [0.15, 0.2) is 77.9 Å². The van der Waals surface area contributed by atoms with Crippen LogP contribution in [0.1, 0.15) is 40.4 Å². The van der Waals surface area contributed by atoms with Gasteiger partial charge in [0.2, 0.25) is 0 Å². The predicted octanol–water partition coefficient (Wildman–Crippen LogP) is 4.51. The van der Waals surface area contributed by atoms with Crippen LogP contribution >= 0.6 is 11.6 Å². The maximum atomic E-state index is 12.1. The first-order valence-corrected chi connectivity index (χ1v) is 10.4. The third kappa shape index (κ3) is 6.98. The Morgan fingerprint density at radius 1 is 1.16 bits per heavy atom. The molecular weight excluding hydrogens is 422 g/mol. The number of amides is 1. The molecule has 0 fully saturated rings. The van der Waals surface area contributed by atoms with Crippen LogP contribution in [0.2, 0.25) is 5.02 Å². The molecule has 0 spiro atoms. The summed E-state index contributed by atoms with van der Waals surface area (Å²) in [6.45, 7) is 2.00. The highest BCUT2D eigenvalue weighted by atomic mass is 35.5. The van der Waals surface area contributed by atoms with Crippen molar-refractivity contribution in [2.24, 2.45) is 10.8 Å². The van der Waals surface area contributed by atoms with Gasteiger partial charge in [0.15, 0.2) is 0 Å². The summed E-state index contributed by atoms with van der Waals surface area (Å²) in [4.78, 5) is 12.1. The van der Waals surface area contributed by atoms with Crippen molar-refractivity contribution in [1.29, 1.82) is 0 Å². The molecule has 4 N–H and O–H groups in total. The van der Waals surface area contributed by atoms with E-state index in [0.29, 0.717) is 12.0 Å². The molecule has 0 bridgehead atoms. The highest BCUT2D eigenvalue weighted by molar-refractivity contribution is 6.32. The molecule has 162 valence electrons. The normalized spacial score (nSPS) is 12.6. The summed E-state index contributed by atoms with van der Waals surface area (Å²) in [5, 5.41) is 13.5. The lowest BCUT2D eigenvalue weighted by Gasteiger charge is -2.21. The van der Waals surface area contributed by atoms with E-state index >= 15 is 0 Å². The average Bonchev–Trinajstić information content (AvgIpc) is 2.76. The van der Waals surface area contributed by atoms with Crippen molar-refractivity contribution in [3.05, 3.63) is 100 Å². The number of phenols is 1. The van der Waals surface area contributed by atoms with Gasteiger partial charge in [-0.3, -0.25) is 4.79 Å². The lowest BCUT2D eigenvalue weighted by Crippen LogP contribution is -2.38. The van der Waals surface area contributed by atoms with Crippen molar-refractivity contribution in [3.63, 3.8) is 0 Å². The maximum Gasteiger partial charge on any atom is 0.271 e. The van der Waals surface area contributed by atoms with Gasteiger partial charge in [-0.2, -0.15) is 5.10 Å². The first kappa shape index (κ1) is 23.1. The quantitative estimate of drug-likeness (QED) is 0.296. The van der Waals surface area contributed by atoms with Gasteiger partial charge in [-0.05, 0) is 54.8 Å². The molecule has 0 aliphatic rings. The molecule has 3 aromatic rings. The number of nitrogens with zero attached hydrogens (tertiary/aromatic N) is 1. The van der Waals surface area contributed by atoms with Gasteiger partial charge in [0, 0.05) is 23.1 Å². The predicted molar refractivity (Wildman–Crippen MR) is 129 cm³/mol. The molecule has 1 unspecified atom stereocenters. The Bertz CT molecular complexity index is 1180. The maximum absolute atomic E-state index is 12.1. The van der Waals surface area contributed by atoms with E-state index in [0.717, 1.165) is 17.5 Å². The smallest absolute Gasteiger partial charge is 0.271 e. The van der Waals surface area contributed by atoms with Gasteiger partial charge >= 0.3 is 0 Å². The minimum Gasteiger partial charge on any atom is -0.506 e. The number of aromatic hydroxyl groups is 1. The summed E-state index contributed by atoms with van der Waals surface area (Å²) in [6, 6.07) is 21.9. The van der Waals surface area contributed by atoms with Gasteiger partial charge in [-0.15, -0.1) is 0 Å². The summed E-state index contributed by atoms with van der Waals surface area (Å²) < 4.78 is 0. The molecule has 3 aromatic carbocycles. The molecule has 0 aliphatic carbocycles. The van der Waals surface area contributed by atoms with Crippen molar-refractivity contribution in [3.8, 4) is 17.6 Å². The molecule has 0 saturated heterocycles. The number of halogens is 1. The first-order chi connectivity index (χ1) is 15.3. The van der Waals surface area contributed by atoms with Crippen LogP contribution in [0.25, 0.3) is 0 Å². The summed E-state index contributed by atoms with van der Waals surface area (Å²) in [6.07, 6.45) is 2.85. The van der Waals surface area contributed by atoms with Crippen molar-refractivity contribution < 1.29 is 9.90 Å². The lowest BCUT2D eigenvalue weighted by atomic mass is 9.91. The number of carbonyl (C=O) groups excluding carboxylic acids is 1. The van der Waals surface area contributed by atoms with Crippen molar-refractivity contribution in [1.82, 2.24) is 5.43 Å². The van der Waals surface area contributed by atoms with Crippen molar-refractivity contribution in [2.75, 3.05) is 0 Å². The van der Waals surface area contributed by atoms with Gasteiger partial charge in [-0.1, -0.05) is 65.9 Å². The van der Waals surface area contributed by atoms with E-state index in [1.54, 1.807) is 0 Å². The zero-order valence-corrected chi connectivity index (χ0v) is 18.4. The summed E-state index contributed by atoms with van der Waals surface area (Å²) in [5.74, 6) is 5.80. The molecule has 32 heavy (non-hydrogen) atoms. The minimum atomic E-state index is -0.431. The Morgan fingerprint density at radius 2 is 1.94 bits per heavy atom. The molecular formula is C26H24ClN3O2. The van der Waals surface area contributed by atoms with Gasteiger partial charge in [0.05, 0.1) is 11.2 Å². The van der Waals surface area contributed by atoms with Crippen LogP contribution in [-0.4, -0.2) is 22.8 Å². The number of hydrogen-bond acceptors (Lipinski definition) is 4. The molecule has 0 aliphatic heterocycles. The molecule has 6 heteroatoms. The van der Waals surface area contributed by atoms with Crippen LogP contribution in [0.3, 0.4) is 0 Å². The summed E-state index contributed by atoms with van der Waals surface area (Å²) >= 11 is 5.83. The second kappa shape index (κ2) is 10.6. The third-order valence-corrected chi connectivity index (χ3v) is 4.95. The Morgan fingerprint density at radius 3 is 2.69 bits per heavy atom. The Kier molecular flexibility index (Phi) is 7.67. The number of hydrogen-bond donors (Lipinski definition) is 3. The number of hydrazone groups is 1. The number of nitrogens with two attached hydrogens (primary N) is 1. The van der Waals surface area contributed by atoms with Gasteiger partial charge in [0.25, 0.3) is 5.91 Å². The molecule has 3 rings (SSSR count). The molecule has 0 saturated carbocycles. The molecule has 0 heterocycles. The zero-order chi connectivity index (χ0) is 23.0. The molecule has 0 aromatic heterocycles. The fourth-order valence-corrected chi connectivity index (χ4v) is 3.23. The Balaban J connectivity index is 1.58. The van der Waals surface area contributed by atoms with E-state index in [9.17, 15) is 9.90 Å². The van der Waals surface area contributed by atoms with Gasteiger partial charge < -0.3 is 10.8 Å². The zero-order valence-electron chi connectivity index (χ0n) is 17.7. The fraction of sp³-hybridized carbons (Fsp3) is 0.154. The van der Waals surface area contributed by atoms with Crippen LogP contribution in [0, 0.1) is 11.8 Å². The third-order valence-electron chi connectivity index (χ3n) is 4.65. The van der Waals surface area contributed by atoms with Crippen LogP contribution in [-0.2, 0) is 6.42 Å². The molecule has 5 nitrogen and oxygen atoms in total. The van der Waals surface area contributed by atoms with E-state index in [1.807, 2.05) is 49.4 Å². The highest BCUT2D eigenvalue weighted by Gasteiger charge is 2.17. The second-order valence-electron chi connectivity index (χ2n) is 7.79. The number of carbonyl (C=O) groups is 1. The topological polar surface area (TPSA) is 87.7 Å². The van der Waals surface area contributed by atoms with E-state index in [1.165, 1.54) is 30.0 Å². The standard InChI is InChI=1S/C26H24ClN3O2/c1-26(28,17-20-7-3-2-4-8-20)14-6-11-19-9-5-10-21(15-19)18-29-30-25(32)22-12-13-24(31)23(27)16-22/h2-5,7-10,12-13,15-16,18,31H,14,17,28H2,1H3,(H,30,32)/b29-18+. The van der Waals surface area contributed by atoms with Gasteiger partial charge in [0.1, 0.15) is 5.75 Å². The van der Waals surface area contributed by atoms with Crippen molar-refractivity contribution >= 4 is 23.7 Å². The highest BCUT2D eigenvalue weighted by Crippen LogP contribution is 2.23. The SMILES string of the molecule is CC(N)(CC#Cc1cccc(/C=N/NC(=O)c2ccc(O)c(Cl)c2)c1)Cc1ccccc1. The second-order valence-corrected chi connectivity index (χ2v) is 8.19. The monoisotopic (exact) mass is 445 g/mol. The fourth-order valence-electron chi connectivity index (χ4n) is 3.05. The largest absolute Gasteiger partial charge is 0.506 e. The number of benzene rings is 3. The number of rotatable bonds is 6. The van der Waals surface area contributed by atoms with Crippen molar-refractivity contribution in [2.45, 2.75) is 25.3 Å². The molecule has 0 radical (unpaired) electrons.